The molecule has 2 aromatic carbocycles. The third-order valence-electron chi connectivity index (χ3n) is 4.67. The lowest BCUT2D eigenvalue weighted by Gasteiger charge is -2.13. The fourth-order valence-corrected chi connectivity index (χ4v) is 3.30. The monoisotopic (exact) mass is 386 g/mol. The van der Waals surface area contributed by atoms with Crippen molar-refractivity contribution >= 4 is 22.5 Å². The maximum atomic E-state index is 11.3. The van der Waals surface area contributed by atoms with Crippen LogP contribution in [0.1, 0.15) is 12.5 Å². The average Bonchev–Trinajstić information content (AvgIpc) is 3.22. The Morgan fingerprint density at radius 3 is 2.83 bits per heavy atom. The molecule has 0 spiro atoms. The third kappa shape index (κ3) is 4.27. The van der Waals surface area contributed by atoms with E-state index in [1.165, 1.54) is 6.92 Å². The molecule has 0 aliphatic heterocycles. The number of aromatic nitrogens is 3. The Labute approximate surface area is 169 Å². The van der Waals surface area contributed by atoms with Crippen LogP contribution in [0.25, 0.3) is 22.2 Å². The molecular weight excluding hydrogens is 364 g/mol. The van der Waals surface area contributed by atoms with E-state index < -0.39 is 0 Å². The number of hydrogen-bond acceptors (Lipinski definition) is 4. The normalized spacial score (nSPS) is 10.8. The van der Waals surface area contributed by atoms with Crippen LogP contribution in [0.2, 0.25) is 0 Å². The first kappa shape index (κ1) is 18.7. The predicted molar refractivity (Wildman–Crippen MR) is 114 cm³/mol. The van der Waals surface area contributed by atoms with Crippen LogP contribution in [-0.2, 0) is 11.3 Å². The Morgan fingerprint density at radius 1 is 1.17 bits per heavy atom. The first-order valence-corrected chi connectivity index (χ1v) is 9.47. The van der Waals surface area contributed by atoms with Gasteiger partial charge in [-0.05, 0) is 48.9 Å². The highest BCUT2D eigenvalue weighted by molar-refractivity contribution is 5.94. The number of benzene rings is 2. The van der Waals surface area contributed by atoms with E-state index in [-0.39, 0.29) is 5.91 Å². The van der Waals surface area contributed by atoms with E-state index in [0.717, 1.165) is 45.7 Å². The van der Waals surface area contributed by atoms with Crippen LogP contribution in [0.4, 0.5) is 5.69 Å². The molecule has 0 bridgehead atoms. The number of carbonyl (C=O) groups excluding carboxylic acids is 1. The van der Waals surface area contributed by atoms with Crippen LogP contribution in [-0.4, -0.2) is 27.0 Å². The summed E-state index contributed by atoms with van der Waals surface area (Å²) in [6.07, 6.45) is 5.45. The zero-order valence-electron chi connectivity index (χ0n) is 16.4. The highest BCUT2D eigenvalue weighted by atomic mass is 16.5. The lowest BCUT2D eigenvalue weighted by atomic mass is 10.0. The molecule has 0 saturated heterocycles. The van der Waals surface area contributed by atoms with Crippen LogP contribution >= 0.6 is 0 Å². The summed E-state index contributed by atoms with van der Waals surface area (Å²) in [5.74, 6) is 0.710. The SMILES string of the molecule is CC(=O)Nc1ccc2nc(-c3ccccc3OCCn3ccnc3)cc(C)c2c1. The van der Waals surface area contributed by atoms with Crippen molar-refractivity contribution in [1.29, 1.82) is 0 Å². The van der Waals surface area contributed by atoms with Gasteiger partial charge < -0.3 is 14.6 Å². The molecular formula is C23H22N4O2. The number of aryl methyl sites for hydroxylation is 1. The lowest BCUT2D eigenvalue weighted by Crippen LogP contribution is -2.07. The number of carbonyl (C=O) groups is 1. The number of para-hydroxylation sites is 1. The molecule has 2 heterocycles. The molecule has 0 aliphatic carbocycles. The Kier molecular flexibility index (Phi) is 5.24. The quantitative estimate of drug-likeness (QED) is 0.532. The maximum Gasteiger partial charge on any atom is 0.221 e. The standard InChI is InChI=1S/C23H22N4O2/c1-16-13-22(26-21-8-7-18(14-20(16)21)25-17(2)28)19-5-3-4-6-23(19)29-12-11-27-10-9-24-15-27/h3-10,13-15H,11-12H2,1-2H3,(H,25,28). The van der Waals surface area contributed by atoms with Crippen LogP contribution in [0, 0.1) is 6.92 Å². The van der Waals surface area contributed by atoms with Crippen molar-refractivity contribution in [1.82, 2.24) is 14.5 Å². The number of fused-ring (bicyclic) bond motifs is 1. The van der Waals surface area contributed by atoms with Crippen molar-refractivity contribution in [2.45, 2.75) is 20.4 Å². The number of nitrogens with zero attached hydrogens (tertiary/aromatic N) is 3. The van der Waals surface area contributed by atoms with E-state index in [1.807, 2.05) is 60.2 Å². The van der Waals surface area contributed by atoms with Gasteiger partial charge >= 0.3 is 0 Å². The molecule has 2 aromatic heterocycles. The summed E-state index contributed by atoms with van der Waals surface area (Å²) in [6.45, 7) is 4.82. The fraction of sp³-hybridized carbons (Fsp3) is 0.174. The van der Waals surface area contributed by atoms with Crippen molar-refractivity contribution in [3.63, 3.8) is 0 Å². The minimum atomic E-state index is -0.0895. The molecule has 6 heteroatoms. The fourth-order valence-electron chi connectivity index (χ4n) is 3.30. The van der Waals surface area contributed by atoms with Gasteiger partial charge in [0.2, 0.25) is 5.91 Å². The third-order valence-corrected chi connectivity index (χ3v) is 4.67. The number of pyridine rings is 1. The Hall–Kier alpha value is -3.67. The predicted octanol–water partition coefficient (Wildman–Crippen LogP) is 4.44. The van der Waals surface area contributed by atoms with Crippen molar-refractivity contribution < 1.29 is 9.53 Å². The summed E-state index contributed by atoms with van der Waals surface area (Å²) in [5.41, 5.74) is 4.55. The van der Waals surface area contributed by atoms with Gasteiger partial charge in [0.25, 0.3) is 0 Å². The van der Waals surface area contributed by atoms with E-state index in [0.29, 0.717) is 6.61 Å². The summed E-state index contributed by atoms with van der Waals surface area (Å²) in [4.78, 5) is 20.2. The van der Waals surface area contributed by atoms with Gasteiger partial charge in [-0.15, -0.1) is 0 Å². The number of imidazole rings is 1. The minimum Gasteiger partial charge on any atom is -0.491 e. The number of amides is 1. The smallest absolute Gasteiger partial charge is 0.221 e. The molecule has 146 valence electrons. The van der Waals surface area contributed by atoms with Gasteiger partial charge in [0.15, 0.2) is 0 Å². The van der Waals surface area contributed by atoms with Crippen LogP contribution in [0.3, 0.4) is 0 Å². The molecule has 0 unspecified atom stereocenters. The Bertz CT molecular complexity index is 1150. The first-order chi connectivity index (χ1) is 14.1. The van der Waals surface area contributed by atoms with Gasteiger partial charge in [0.05, 0.1) is 24.1 Å². The zero-order chi connectivity index (χ0) is 20.2. The maximum absolute atomic E-state index is 11.3. The number of nitrogens with one attached hydrogen (secondary N) is 1. The van der Waals surface area contributed by atoms with E-state index in [1.54, 1.807) is 12.5 Å². The van der Waals surface area contributed by atoms with Gasteiger partial charge in [-0.25, -0.2) is 9.97 Å². The second-order valence-corrected chi connectivity index (χ2v) is 6.88. The summed E-state index contributed by atoms with van der Waals surface area (Å²) in [7, 11) is 0. The Balaban J connectivity index is 1.63. The highest BCUT2D eigenvalue weighted by Crippen LogP contribution is 2.32. The second kappa shape index (κ2) is 8.14. The minimum absolute atomic E-state index is 0.0895. The summed E-state index contributed by atoms with van der Waals surface area (Å²) < 4.78 is 8.02. The van der Waals surface area contributed by atoms with Crippen molar-refractivity contribution in [2.24, 2.45) is 0 Å². The van der Waals surface area contributed by atoms with E-state index in [2.05, 4.69) is 16.4 Å². The van der Waals surface area contributed by atoms with E-state index in [4.69, 9.17) is 9.72 Å². The van der Waals surface area contributed by atoms with E-state index in [9.17, 15) is 4.79 Å². The second-order valence-electron chi connectivity index (χ2n) is 6.88. The molecule has 1 amide bonds. The molecule has 6 nitrogen and oxygen atoms in total. The van der Waals surface area contributed by atoms with Crippen molar-refractivity contribution in [3.8, 4) is 17.0 Å². The zero-order valence-corrected chi connectivity index (χ0v) is 16.4. The molecule has 1 N–H and O–H groups in total. The highest BCUT2D eigenvalue weighted by Gasteiger charge is 2.11. The van der Waals surface area contributed by atoms with Crippen molar-refractivity contribution in [3.05, 3.63) is 72.8 Å². The Morgan fingerprint density at radius 2 is 2.03 bits per heavy atom. The number of rotatable bonds is 6. The largest absolute Gasteiger partial charge is 0.491 e. The van der Waals surface area contributed by atoms with E-state index >= 15 is 0 Å². The van der Waals surface area contributed by atoms with Crippen LogP contribution < -0.4 is 10.1 Å². The number of hydrogen-bond donors (Lipinski definition) is 1. The summed E-state index contributed by atoms with van der Waals surface area (Å²) in [5, 5.41) is 3.83. The van der Waals surface area contributed by atoms with Crippen LogP contribution in [0.5, 0.6) is 5.75 Å². The molecule has 4 aromatic rings. The summed E-state index contributed by atoms with van der Waals surface area (Å²) >= 11 is 0. The molecule has 4 rings (SSSR count). The summed E-state index contributed by atoms with van der Waals surface area (Å²) in [6, 6.07) is 15.7. The molecule has 0 aliphatic rings. The van der Waals surface area contributed by atoms with Crippen LogP contribution in [0.15, 0.2) is 67.3 Å². The number of anilines is 1. The molecule has 0 radical (unpaired) electrons. The lowest BCUT2D eigenvalue weighted by molar-refractivity contribution is -0.114. The average molecular weight is 386 g/mol. The topological polar surface area (TPSA) is 69.0 Å². The van der Waals surface area contributed by atoms with Gasteiger partial charge in [0.1, 0.15) is 12.4 Å². The molecule has 0 fully saturated rings. The number of ether oxygens (including phenoxy) is 1. The van der Waals surface area contributed by atoms with Crippen molar-refractivity contribution in [2.75, 3.05) is 11.9 Å². The van der Waals surface area contributed by atoms with Gasteiger partial charge in [-0.2, -0.15) is 0 Å². The first-order valence-electron chi connectivity index (χ1n) is 9.47. The van der Waals surface area contributed by atoms with Gasteiger partial charge in [0, 0.05) is 36.0 Å². The molecule has 0 saturated carbocycles. The van der Waals surface area contributed by atoms with Gasteiger partial charge in [-0.3, -0.25) is 4.79 Å². The van der Waals surface area contributed by atoms with Gasteiger partial charge in [-0.1, -0.05) is 12.1 Å². The molecule has 29 heavy (non-hydrogen) atoms. The molecule has 0 atom stereocenters.